The van der Waals surface area contributed by atoms with Gasteiger partial charge in [-0.2, -0.15) is 5.48 Å². The van der Waals surface area contributed by atoms with Gasteiger partial charge < -0.3 is 14.4 Å². The molecule has 0 aliphatic carbocycles. The summed E-state index contributed by atoms with van der Waals surface area (Å²) in [6.45, 7) is 1.95. The minimum absolute atomic E-state index is 0.207. The van der Waals surface area contributed by atoms with Gasteiger partial charge in [0.1, 0.15) is 12.4 Å². The summed E-state index contributed by atoms with van der Waals surface area (Å²) in [6.07, 6.45) is -0.755. The maximum Gasteiger partial charge on any atom is 0.440 e. The van der Waals surface area contributed by atoms with Crippen molar-refractivity contribution in [3.05, 3.63) is 64.4 Å². The molecule has 0 heterocycles. The fraction of sp³-hybridized carbons (Fsp3) is 0.176. The first-order chi connectivity index (χ1) is 12.0. The van der Waals surface area contributed by atoms with Crippen LogP contribution in [0.5, 0.6) is 5.75 Å². The smallest absolute Gasteiger partial charge is 0.440 e. The molecular weight excluding hydrogens is 351 g/mol. The van der Waals surface area contributed by atoms with Gasteiger partial charge in [-0.25, -0.2) is 9.18 Å². The van der Waals surface area contributed by atoms with Gasteiger partial charge in [0.05, 0.1) is 17.8 Å². The van der Waals surface area contributed by atoms with E-state index in [1.165, 1.54) is 19.2 Å². The molecule has 1 amide bonds. The number of nitrogens with zero attached hydrogens (tertiary/aromatic N) is 1. The monoisotopic (exact) mass is 366 g/mol. The van der Waals surface area contributed by atoms with Crippen LogP contribution in [-0.2, 0) is 16.2 Å². The molecule has 0 aromatic heterocycles. The average molecular weight is 367 g/mol. The van der Waals surface area contributed by atoms with E-state index in [0.717, 1.165) is 5.56 Å². The van der Waals surface area contributed by atoms with Crippen molar-refractivity contribution in [1.29, 1.82) is 0 Å². The van der Waals surface area contributed by atoms with E-state index >= 15 is 0 Å². The Morgan fingerprint density at radius 1 is 1.24 bits per heavy atom. The number of hydrogen-bond donors (Lipinski definition) is 1. The van der Waals surface area contributed by atoms with E-state index in [9.17, 15) is 9.18 Å². The molecule has 8 heteroatoms. The summed E-state index contributed by atoms with van der Waals surface area (Å²) in [7, 11) is 1.21. The number of hydroxylamine groups is 1. The van der Waals surface area contributed by atoms with E-state index in [1.54, 1.807) is 37.3 Å². The average Bonchev–Trinajstić information content (AvgIpc) is 2.62. The number of nitrogens with one attached hydrogen (secondary N) is 1. The third-order valence-electron chi connectivity index (χ3n) is 3.12. The lowest BCUT2D eigenvalue weighted by atomic mass is 10.1. The first kappa shape index (κ1) is 18.5. The summed E-state index contributed by atoms with van der Waals surface area (Å²) in [5, 5.41) is 4.31. The summed E-state index contributed by atoms with van der Waals surface area (Å²) in [4.78, 5) is 21.4. The largest absolute Gasteiger partial charge is 0.451 e. The normalized spacial score (nSPS) is 11.0. The van der Waals surface area contributed by atoms with Gasteiger partial charge in [0, 0.05) is 5.56 Å². The first-order valence-electron chi connectivity index (χ1n) is 7.21. The van der Waals surface area contributed by atoms with Crippen molar-refractivity contribution in [3.63, 3.8) is 0 Å². The molecule has 0 saturated carbocycles. The minimum Gasteiger partial charge on any atom is -0.451 e. The highest BCUT2D eigenvalue weighted by Gasteiger charge is 2.08. The van der Waals surface area contributed by atoms with Crippen LogP contribution in [-0.4, -0.2) is 18.9 Å². The Labute approximate surface area is 149 Å². The number of ether oxygens (including phenoxy) is 1. The summed E-state index contributed by atoms with van der Waals surface area (Å²) in [5.74, 6) is -0.0738. The van der Waals surface area contributed by atoms with Crippen LogP contribution in [0.4, 0.5) is 9.18 Å². The number of halogens is 2. The molecule has 0 aliphatic heterocycles. The third-order valence-corrected chi connectivity index (χ3v) is 3.44. The Morgan fingerprint density at radius 2 is 1.96 bits per heavy atom. The maximum atomic E-state index is 12.8. The Kier molecular flexibility index (Phi) is 6.59. The lowest BCUT2D eigenvalue weighted by Crippen LogP contribution is -2.26. The lowest BCUT2D eigenvalue weighted by Gasteiger charge is -2.09. The maximum absolute atomic E-state index is 12.8. The summed E-state index contributed by atoms with van der Waals surface area (Å²) >= 11 is 6.01. The van der Waals surface area contributed by atoms with Crippen LogP contribution in [0.1, 0.15) is 18.1 Å². The Hall–Kier alpha value is -2.80. The predicted octanol–water partition coefficient (Wildman–Crippen LogP) is 4.07. The van der Waals surface area contributed by atoms with Crippen molar-refractivity contribution in [1.82, 2.24) is 5.48 Å². The first-order valence-corrected chi connectivity index (χ1v) is 7.59. The molecule has 2 rings (SSSR count). The van der Waals surface area contributed by atoms with E-state index in [1.807, 2.05) is 0 Å². The lowest BCUT2D eigenvalue weighted by molar-refractivity contribution is 0.118. The fourth-order valence-corrected chi connectivity index (χ4v) is 1.94. The number of benzene rings is 2. The van der Waals surface area contributed by atoms with Crippen LogP contribution in [0.25, 0.3) is 0 Å². The van der Waals surface area contributed by atoms with Crippen LogP contribution >= 0.6 is 11.6 Å². The molecule has 0 atom stereocenters. The standard InChI is InChI=1S/C17H16ClFN2O4/c1-11(20-24-10-12-3-6-14(19)7-4-12)13-5-8-15(18)16(9-13)25-21-17(22)23-2/h3-9H,10H2,1-2H3,(H,21,22)/b20-11+. The minimum atomic E-state index is -0.755. The Balaban J connectivity index is 2.01. The quantitative estimate of drug-likeness (QED) is 0.618. The van der Waals surface area contributed by atoms with Crippen LogP contribution in [0.3, 0.4) is 0 Å². The van der Waals surface area contributed by atoms with Crippen LogP contribution in [0, 0.1) is 5.82 Å². The molecule has 0 unspecified atom stereocenters. The SMILES string of the molecule is COC(=O)NOc1cc(/C(C)=N/OCc2ccc(F)cc2)ccc1Cl. The Morgan fingerprint density at radius 3 is 2.64 bits per heavy atom. The number of methoxy groups -OCH3 is 1. The van der Waals surface area contributed by atoms with Crippen LogP contribution < -0.4 is 10.3 Å². The van der Waals surface area contributed by atoms with Crippen molar-refractivity contribution < 1.29 is 23.6 Å². The summed E-state index contributed by atoms with van der Waals surface area (Å²) in [5.41, 5.74) is 4.13. The second-order valence-electron chi connectivity index (χ2n) is 4.92. The van der Waals surface area contributed by atoms with Gasteiger partial charge in [0.15, 0.2) is 5.75 Å². The highest BCUT2D eigenvalue weighted by Crippen LogP contribution is 2.25. The van der Waals surface area contributed by atoms with E-state index in [-0.39, 0.29) is 18.2 Å². The highest BCUT2D eigenvalue weighted by atomic mass is 35.5. The zero-order chi connectivity index (χ0) is 18.2. The number of carbonyl (C=O) groups is 1. The number of hydrogen-bond acceptors (Lipinski definition) is 5. The highest BCUT2D eigenvalue weighted by molar-refractivity contribution is 6.32. The molecule has 0 aliphatic rings. The van der Waals surface area contributed by atoms with Crippen LogP contribution in [0.15, 0.2) is 47.6 Å². The third kappa shape index (κ3) is 5.65. The van der Waals surface area contributed by atoms with Gasteiger partial charge in [-0.05, 0) is 36.8 Å². The van der Waals surface area contributed by atoms with Crippen molar-refractivity contribution in [2.45, 2.75) is 13.5 Å². The van der Waals surface area contributed by atoms with E-state index in [0.29, 0.717) is 16.3 Å². The van der Waals surface area contributed by atoms with Crippen molar-refractivity contribution >= 4 is 23.4 Å². The number of rotatable bonds is 6. The van der Waals surface area contributed by atoms with Crippen molar-refractivity contribution in [2.75, 3.05) is 7.11 Å². The summed E-state index contributed by atoms with van der Waals surface area (Å²) in [6, 6.07) is 10.9. The number of oxime groups is 1. The van der Waals surface area contributed by atoms with Gasteiger partial charge in [0.2, 0.25) is 0 Å². The van der Waals surface area contributed by atoms with E-state index in [2.05, 4.69) is 15.4 Å². The molecule has 6 nitrogen and oxygen atoms in total. The predicted molar refractivity (Wildman–Crippen MR) is 91.0 cm³/mol. The molecule has 0 radical (unpaired) electrons. The fourth-order valence-electron chi connectivity index (χ4n) is 1.78. The second-order valence-corrected chi connectivity index (χ2v) is 5.32. The zero-order valence-electron chi connectivity index (χ0n) is 13.6. The van der Waals surface area contributed by atoms with Gasteiger partial charge in [-0.1, -0.05) is 35.0 Å². The zero-order valence-corrected chi connectivity index (χ0v) is 14.3. The molecule has 0 fully saturated rings. The molecule has 2 aromatic rings. The molecule has 1 N–H and O–H groups in total. The Bertz CT molecular complexity index is 766. The number of carbonyl (C=O) groups excluding carboxylic acids is 1. The number of amides is 1. The van der Waals surface area contributed by atoms with Crippen LogP contribution in [0.2, 0.25) is 5.02 Å². The topological polar surface area (TPSA) is 69.2 Å². The molecule has 132 valence electrons. The second kappa shape index (κ2) is 8.89. The van der Waals surface area contributed by atoms with Gasteiger partial charge in [-0.15, -0.1) is 0 Å². The molecule has 0 saturated heterocycles. The van der Waals surface area contributed by atoms with Crippen molar-refractivity contribution in [2.24, 2.45) is 5.16 Å². The molecule has 0 spiro atoms. The van der Waals surface area contributed by atoms with Gasteiger partial charge in [0.25, 0.3) is 0 Å². The molecular formula is C17H16ClFN2O4. The van der Waals surface area contributed by atoms with Gasteiger partial charge >= 0.3 is 6.09 Å². The molecule has 0 bridgehead atoms. The van der Waals surface area contributed by atoms with Gasteiger partial charge in [-0.3, -0.25) is 0 Å². The molecule has 2 aromatic carbocycles. The van der Waals surface area contributed by atoms with E-state index in [4.69, 9.17) is 21.3 Å². The summed E-state index contributed by atoms with van der Waals surface area (Å²) < 4.78 is 17.2. The van der Waals surface area contributed by atoms with Crippen molar-refractivity contribution in [3.8, 4) is 5.75 Å². The molecule has 25 heavy (non-hydrogen) atoms. The van der Waals surface area contributed by atoms with E-state index < -0.39 is 6.09 Å².